The maximum absolute atomic E-state index is 13.4. The second-order valence-corrected chi connectivity index (χ2v) is 9.98. The van der Waals surface area contributed by atoms with Crippen LogP contribution in [0.25, 0.3) is 17.1 Å². The molecule has 1 saturated heterocycles. The van der Waals surface area contributed by atoms with E-state index in [0.29, 0.717) is 23.5 Å². The molecule has 2 aromatic carbocycles. The molecule has 1 aliphatic rings. The summed E-state index contributed by atoms with van der Waals surface area (Å²) in [6.07, 6.45) is -12.4. The van der Waals surface area contributed by atoms with Crippen molar-refractivity contribution in [2.45, 2.75) is 56.8 Å². The SMILES string of the molecule is C=CCN(C(=O)O[C@H]1O[C@@H](C)[C@H](OC)[C@@H](OCC)[C@H]1OC)c1ccc(-c2ncn(-c3ccc(OC(F)(F)C(F)(F)F)cc3)n2)cc1. The third kappa shape index (κ3) is 7.63. The van der Waals surface area contributed by atoms with Crippen LogP contribution >= 0.6 is 0 Å². The minimum Gasteiger partial charge on any atom is -0.426 e. The summed E-state index contributed by atoms with van der Waals surface area (Å²) in [6.45, 7) is 7.83. The molecule has 0 bridgehead atoms. The van der Waals surface area contributed by atoms with Gasteiger partial charge in [-0.25, -0.2) is 14.5 Å². The van der Waals surface area contributed by atoms with Gasteiger partial charge in [0.25, 0.3) is 0 Å². The molecule has 1 fully saturated rings. The highest BCUT2D eigenvalue weighted by molar-refractivity contribution is 5.88. The summed E-state index contributed by atoms with van der Waals surface area (Å²) in [5, 5.41) is 4.34. The minimum atomic E-state index is -5.86. The van der Waals surface area contributed by atoms with Gasteiger partial charge in [0.05, 0.1) is 11.8 Å². The molecule has 2 heterocycles. The molecule has 1 amide bonds. The standard InChI is InChI=1S/C30H33F5N4O7/c1-6-16-38(28(40)45-27-25(42-5)24(43-7-2)23(41-4)18(3)44-27)20-10-8-19(9-11-20)26-36-17-39(37-26)21-12-14-22(15-13-21)46-30(34,35)29(31,32)33/h6,8-15,17-18,23-25,27H,1,7,16H2,2-5H3/t18-,23-,24+,25+,27+/m0/s1. The van der Waals surface area contributed by atoms with Crippen molar-refractivity contribution in [3.63, 3.8) is 0 Å². The molecule has 4 rings (SSSR count). The first-order chi connectivity index (χ1) is 21.8. The van der Waals surface area contributed by atoms with Crippen molar-refractivity contribution in [1.29, 1.82) is 0 Å². The maximum atomic E-state index is 13.4. The molecule has 0 spiro atoms. The fourth-order valence-electron chi connectivity index (χ4n) is 4.78. The van der Waals surface area contributed by atoms with Crippen molar-refractivity contribution in [1.82, 2.24) is 14.8 Å². The Morgan fingerprint density at radius 3 is 2.24 bits per heavy atom. The number of halogens is 5. The minimum absolute atomic E-state index is 0.106. The van der Waals surface area contributed by atoms with Gasteiger partial charge < -0.3 is 28.4 Å². The quantitative estimate of drug-likeness (QED) is 0.177. The largest absolute Gasteiger partial charge is 0.499 e. The molecule has 1 aliphatic heterocycles. The number of hydrogen-bond acceptors (Lipinski definition) is 9. The Morgan fingerprint density at radius 2 is 1.67 bits per heavy atom. The zero-order valence-corrected chi connectivity index (χ0v) is 25.3. The summed E-state index contributed by atoms with van der Waals surface area (Å²) in [5.41, 5.74) is 1.36. The van der Waals surface area contributed by atoms with Gasteiger partial charge in [0, 0.05) is 38.6 Å². The first kappa shape index (κ1) is 34.7. The fraction of sp³-hybridized carbons (Fsp3) is 0.433. The van der Waals surface area contributed by atoms with E-state index in [1.165, 1.54) is 48.3 Å². The van der Waals surface area contributed by atoms with Crippen LogP contribution < -0.4 is 9.64 Å². The van der Waals surface area contributed by atoms with Crippen molar-refractivity contribution in [2.24, 2.45) is 0 Å². The number of nitrogens with zero attached hydrogens (tertiary/aromatic N) is 4. The van der Waals surface area contributed by atoms with Gasteiger partial charge in [-0.2, -0.15) is 22.0 Å². The van der Waals surface area contributed by atoms with Crippen LogP contribution in [0, 0.1) is 0 Å². The van der Waals surface area contributed by atoms with Crippen LogP contribution in [0.1, 0.15) is 13.8 Å². The molecule has 46 heavy (non-hydrogen) atoms. The van der Waals surface area contributed by atoms with Gasteiger partial charge in [0.15, 0.2) is 5.82 Å². The Bertz CT molecular complexity index is 1450. The number of amides is 1. The number of carbonyl (C=O) groups is 1. The zero-order chi connectivity index (χ0) is 33.6. The third-order valence-electron chi connectivity index (χ3n) is 6.99. The van der Waals surface area contributed by atoms with Crippen LogP contribution in [0.2, 0.25) is 0 Å². The van der Waals surface area contributed by atoms with Crippen molar-refractivity contribution < 1.29 is 55.2 Å². The summed E-state index contributed by atoms with van der Waals surface area (Å²) < 4.78 is 97.4. The van der Waals surface area contributed by atoms with Crippen LogP contribution in [0.3, 0.4) is 0 Å². The molecule has 0 N–H and O–H groups in total. The van der Waals surface area contributed by atoms with Crippen LogP contribution in [0.4, 0.5) is 32.4 Å². The first-order valence-electron chi connectivity index (χ1n) is 14.0. The molecule has 1 aromatic heterocycles. The van der Waals surface area contributed by atoms with Gasteiger partial charge in [-0.3, -0.25) is 4.90 Å². The molecular weight excluding hydrogens is 623 g/mol. The van der Waals surface area contributed by atoms with Crippen LogP contribution in [-0.4, -0.2) is 91.2 Å². The predicted molar refractivity (Wildman–Crippen MR) is 154 cm³/mol. The lowest BCUT2D eigenvalue weighted by Crippen LogP contribution is -2.60. The molecule has 0 aliphatic carbocycles. The van der Waals surface area contributed by atoms with Crippen molar-refractivity contribution in [2.75, 3.05) is 32.3 Å². The average Bonchev–Trinajstić information content (AvgIpc) is 3.50. The molecular formula is C30H33F5N4O7. The van der Waals surface area contributed by atoms with Crippen LogP contribution in [0.5, 0.6) is 5.75 Å². The Labute approximate surface area is 261 Å². The van der Waals surface area contributed by atoms with Crippen molar-refractivity contribution in [3.8, 4) is 22.8 Å². The molecule has 5 atom stereocenters. The lowest BCUT2D eigenvalue weighted by Gasteiger charge is -2.43. The second kappa shape index (κ2) is 14.5. The van der Waals surface area contributed by atoms with E-state index in [9.17, 15) is 26.7 Å². The van der Waals surface area contributed by atoms with Crippen molar-refractivity contribution in [3.05, 3.63) is 67.5 Å². The lowest BCUT2D eigenvalue weighted by molar-refractivity contribution is -0.360. The molecule has 250 valence electrons. The summed E-state index contributed by atoms with van der Waals surface area (Å²) in [4.78, 5) is 18.9. The number of methoxy groups -OCH3 is 2. The molecule has 0 radical (unpaired) electrons. The van der Waals surface area contributed by atoms with Gasteiger partial charge in [-0.05, 0) is 62.4 Å². The second-order valence-electron chi connectivity index (χ2n) is 9.98. The van der Waals surface area contributed by atoms with Gasteiger partial charge >= 0.3 is 18.4 Å². The van der Waals surface area contributed by atoms with Crippen LogP contribution in [0.15, 0.2) is 67.5 Å². The van der Waals surface area contributed by atoms with Crippen molar-refractivity contribution >= 4 is 11.8 Å². The molecule has 0 saturated carbocycles. The summed E-state index contributed by atoms with van der Waals surface area (Å²) in [5.74, 6) is -0.407. The Kier molecular flexibility index (Phi) is 11.0. The van der Waals surface area contributed by atoms with E-state index in [2.05, 4.69) is 21.4 Å². The van der Waals surface area contributed by atoms with E-state index in [-0.39, 0.29) is 12.4 Å². The highest BCUT2D eigenvalue weighted by Gasteiger charge is 2.61. The van der Waals surface area contributed by atoms with Gasteiger partial charge in [-0.1, -0.05) is 6.08 Å². The number of carbonyl (C=O) groups excluding carboxylic acids is 1. The number of benzene rings is 2. The Balaban J connectivity index is 1.46. The van der Waals surface area contributed by atoms with Gasteiger partial charge in [0.1, 0.15) is 30.4 Å². The molecule has 16 heteroatoms. The van der Waals surface area contributed by atoms with E-state index in [4.69, 9.17) is 23.7 Å². The maximum Gasteiger partial charge on any atom is 0.499 e. The lowest BCUT2D eigenvalue weighted by atomic mass is 9.99. The van der Waals surface area contributed by atoms with Crippen LogP contribution in [-0.2, 0) is 23.7 Å². The smallest absolute Gasteiger partial charge is 0.426 e. The molecule has 3 aromatic rings. The van der Waals surface area contributed by atoms with Gasteiger partial charge in [0.2, 0.25) is 6.29 Å². The number of hydrogen-bond donors (Lipinski definition) is 0. The highest BCUT2D eigenvalue weighted by Crippen LogP contribution is 2.37. The Hall–Kier alpha value is -4.12. The third-order valence-corrected chi connectivity index (χ3v) is 6.99. The van der Waals surface area contributed by atoms with E-state index < -0.39 is 54.8 Å². The van der Waals surface area contributed by atoms with Gasteiger partial charge in [-0.15, -0.1) is 11.7 Å². The predicted octanol–water partition coefficient (Wildman–Crippen LogP) is 5.78. The summed E-state index contributed by atoms with van der Waals surface area (Å²) >= 11 is 0. The summed E-state index contributed by atoms with van der Waals surface area (Å²) in [7, 11) is 3.00. The van der Waals surface area contributed by atoms with E-state index in [1.54, 1.807) is 31.2 Å². The van der Waals surface area contributed by atoms with E-state index in [0.717, 1.165) is 12.1 Å². The monoisotopic (exact) mass is 656 g/mol. The fourth-order valence-corrected chi connectivity index (χ4v) is 4.78. The normalized spacial score (nSPS) is 21.9. The van der Waals surface area contributed by atoms with E-state index >= 15 is 0 Å². The van der Waals surface area contributed by atoms with E-state index in [1.807, 2.05) is 6.92 Å². The number of ether oxygens (including phenoxy) is 6. The summed E-state index contributed by atoms with van der Waals surface area (Å²) in [6, 6.07) is 11.0. The zero-order valence-electron chi connectivity index (χ0n) is 25.3. The number of alkyl halides is 5. The highest BCUT2D eigenvalue weighted by atomic mass is 19.4. The topological polar surface area (TPSA) is 106 Å². The Morgan fingerprint density at radius 1 is 1.02 bits per heavy atom. The molecule has 11 nitrogen and oxygen atoms in total. The first-order valence-corrected chi connectivity index (χ1v) is 14.0. The number of aromatic nitrogens is 3. The number of anilines is 1. The average molecular weight is 657 g/mol. The molecule has 0 unspecified atom stereocenters. The number of rotatable bonds is 12.